The summed E-state index contributed by atoms with van der Waals surface area (Å²) in [6, 6.07) is 33.1. The summed E-state index contributed by atoms with van der Waals surface area (Å²) in [7, 11) is 0. The van der Waals surface area contributed by atoms with Gasteiger partial charge in [0.15, 0.2) is 0 Å². The van der Waals surface area contributed by atoms with Crippen LogP contribution in [0.4, 0.5) is 0 Å². The van der Waals surface area contributed by atoms with Gasteiger partial charge in [0.1, 0.15) is 0 Å². The van der Waals surface area contributed by atoms with E-state index >= 15 is 0 Å². The fourth-order valence-electron chi connectivity index (χ4n) is 2.84. The Bertz CT molecular complexity index is 569. The molecule has 23 heavy (non-hydrogen) atoms. The summed E-state index contributed by atoms with van der Waals surface area (Å²) < 4.78 is 3.98. The quantitative estimate of drug-likeness (QED) is 0.503. The summed E-state index contributed by atoms with van der Waals surface area (Å²) >= 11 is -1.56. The Balaban J connectivity index is 0.00000192. The van der Waals surface area contributed by atoms with Crippen molar-refractivity contribution in [1.29, 1.82) is 0 Å². The van der Waals surface area contributed by atoms with Gasteiger partial charge in [-0.15, -0.1) is 12.4 Å². The summed E-state index contributed by atoms with van der Waals surface area (Å²) in [5.41, 5.74) is 4.55. The van der Waals surface area contributed by atoms with Crippen molar-refractivity contribution in [3.05, 3.63) is 108 Å². The number of hydrogen-bond acceptors (Lipinski definition) is 0. The molecule has 0 aromatic heterocycles. The molecule has 0 atom stereocenters. The third-order valence-electron chi connectivity index (χ3n) is 3.89. The molecule has 0 N–H and O–H groups in total. The van der Waals surface area contributed by atoms with E-state index in [1.165, 1.54) is 29.1 Å². The molecular weight excluding hydrogens is 379 g/mol. The SMILES string of the molecule is Cl.c1ccc([CH2][Zr]([CH2]c2ccccc2)[CH2]c2ccccc2)cc1. The van der Waals surface area contributed by atoms with Crippen molar-refractivity contribution in [2.75, 3.05) is 0 Å². The average Bonchev–Trinajstić information content (AvgIpc) is 2.57. The second-order valence-corrected chi connectivity index (χ2v) is 12.0. The van der Waals surface area contributed by atoms with Crippen LogP contribution in [0.2, 0.25) is 0 Å². The number of benzene rings is 3. The Kier molecular flexibility index (Phi) is 7.79. The predicted octanol–water partition coefficient (Wildman–Crippen LogP) is 5.63. The Morgan fingerprint density at radius 2 is 0.696 bits per heavy atom. The van der Waals surface area contributed by atoms with Crippen molar-refractivity contribution >= 4 is 12.4 Å². The van der Waals surface area contributed by atoms with Crippen LogP contribution in [-0.2, 0) is 34.1 Å². The molecule has 3 aromatic rings. The van der Waals surface area contributed by atoms with Gasteiger partial charge in [-0.05, 0) is 0 Å². The molecule has 0 aliphatic rings. The molecule has 0 nitrogen and oxygen atoms in total. The van der Waals surface area contributed by atoms with Crippen LogP contribution in [0.25, 0.3) is 0 Å². The first-order chi connectivity index (χ1) is 10.9. The Morgan fingerprint density at radius 1 is 0.435 bits per heavy atom. The Morgan fingerprint density at radius 3 is 0.957 bits per heavy atom. The van der Waals surface area contributed by atoms with Crippen LogP contribution < -0.4 is 0 Å². The number of hydrogen-bond donors (Lipinski definition) is 0. The van der Waals surface area contributed by atoms with Crippen molar-refractivity contribution in [2.24, 2.45) is 0 Å². The van der Waals surface area contributed by atoms with Gasteiger partial charge in [-0.25, -0.2) is 0 Å². The molecule has 117 valence electrons. The minimum absolute atomic E-state index is 0. The van der Waals surface area contributed by atoms with E-state index in [9.17, 15) is 0 Å². The minimum atomic E-state index is -1.56. The standard InChI is InChI=1S/3C7H7.ClH.Zr/c3*1-7-5-3-2-4-6-7;;/h3*2-6H,1H2;1H;. The topological polar surface area (TPSA) is 0 Å². The fourth-order valence-corrected chi connectivity index (χ4v) is 9.76. The summed E-state index contributed by atoms with van der Waals surface area (Å²) in [4.78, 5) is 0. The van der Waals surface area contributed by atoms with Gasteiger partial charge in [0, 0.05) is 0 Å². The van der Waals surface area contributed by atoms with E-state index in [1.54, 1.807) is 0 Å². The fraction of sp³-hybridized carbons (Fsp3) is 0.143. The van der Waals surface area contributed by atoms with Crippen molar-refractivity contribution < 1.29 is 21.8 Å². The molecule has 3 rings (SSSR count). The van der Waals surface area contributed by atoms with Gasteiger partial charge >= 0.3 is 142 Å². The zero-order chi connectivity index (χ0) is 15.0. The average molecular weight is 401 g/mol. The molecular formula is C21H22ClZr. The van der Waals surface area contributed by atoms with E-state index < -0.39 is 21.8 Å². The maximum absolute atomic E-state index is 2.29. The third-order valence-corrected chi connectivity index (χ3v) is 10.6. The van der Waals surface area contributed by atoms with E-state index in [-0.39, 0.29) is 12.4 Å². The van der Waals surface area contributed by atoms with E-state index in [2.05, 4.69) is 91.0 Å². The summed E-state index contributed by atoms with van der Waals surface area (Å²) in [5, 5.41) is 0. The van der Waals surface area contributed by atoms with Crippen LogP contribution >= 0.6 is 12.4 Å². The normalized spacial score (nSPS) is 9.91. The summed E-state index contributed by atoms with van der Waals surface area (Å²) in [6.07, 6.45) is 0. The third kappa shape index (κ3) is 6.09. The van der Waals surface area contributed by atoms with Gasteiger partial charge in [-0.1, -0.05) is 0 Å². The molecule has 0 aliphatic heterocycles. The van der Waals surface area contributed by atoms with Crippen LogP contribution in [0.5, 0.6) is 0 Å². The van der Waals surface area contributed by atoms with Gasteiger partial charge < -0.3 is 0 Å². The molecule has 0 saturated carbocycles. The number of halogens is 1. The first kappa shape index (κ1) is 18.2. The molecule has 0 unspecified atom stereocenters. The van der Waals surface area contributed by atoms with E-state index in [0.717, 1.165) is 0 Å². The van der Waals surface area contributed by atoms with Crippen LogP contribution in [0.3, 0.4) is 0 Å². The van der Waals surface area contributed by atoms with Crippen LogP contribution in [0.1, 0.15) is 16.7 Å². The van der Waals surface area contributed by atoms with E-state index in [1.807, 2.05) is 0 Å². The molecule has 0 fully saturated rings. The second-order valence-electron chi connectivity index (χ2n) is 5.74. The van der Waals surface area contributed by atoms with E-state index in [0.29, 0.717) is 0 Å². The van der Waals surface area contributed by atoms with Crippen LogP contribution in [0.15, 0.2) is 91.0 Å². The van der Waals surface area contributed by atoms with Crippen molar-refractivity contribution in [1.82, 2.24) is 0 Å². The Hall–Kier alpha value is -1.17. The van der Waals surface area contributed by atoms with Crippen molar-refractivity contribution in [3.8, 4) is 0 Å². The molecule has 0 saturated heterocycles. The summed E-state index contributed by atoms with van der Waals surface area (Å²) in [5.74, 6) is 0. The van der Waals surface area contributed by atoms with Gasteiger partial charge in [-0.3, -0.25) is 0 Å². The molecule has 0 amide bonds. The maximum atomic E-state index is 2.29. The van der Waals surface area contributed by atoms with Gasteiger partial charge in [0.05, 0.1) is 0 Å². The first-order valence-electron chi connectivity index (χ1n) is 7.85. The van der Waals surface area contributed by atoms with Gasteiger partial charge in [0.25, 0.3) is 0 Å². The molecule has 0 spiro atoms. The molecule has 2 heteroatoms. The monoisotopic (exact) mass is 399 g/mol. The van der Waals surface area contributed by atoms with Crippen LogP contribution in [-0.4, -0.2) is 0 Å². The molecule has 0 aliphatic carbocycles. The molecule has 0 bridgehead atoms. The molecule has 0 radical (unpaired) electrons. The van der Waals surface area contributed by atoms with Crippen molar-refractivity contribution in [3.63, 3.8) is 0 Å². The molecule has 3 aromatic carbocycles. The summed E-state index contributed by atoms with van der Waals surface area (Å²) in [6.45, 7) is 0. The second kappa shape index (κ2) is 9.86. The zero-order valence-electron chi connectivity index (χ0n) is 13.2. The van der Waals surface area contributed by atoms with Crippen molar-refractivity contribution in [2.45, 2.75) is 12.4 Å². The van der Waals surface area contributed by atoms with Crippen LogP contribution in [0, 0.1) is 0 Å². The number of rotatable bonds is 6. The zero-order valence-corrected chi connectivity index (χ0v) is 16.5. The predicted molar refractivity (Wildman–Crippen MR) is 97.7 cm³/mol. The Labute approximate surface area is 153 Å². The first-order valence-corrected chi connectivity index (χ1v) is 13.1. The van der Waals surface area contributed by atoms with Gasteiger partial charge in [0.2, 0.25) is 0 Å². The van der Waals surface area contributed by atoms with Gasteiger partial charge in [-0.2, -0.15) is 0 Å². The van der Waals surface area contributed by atoms with E-state index in [4.69, 9.17) is 0 Å². The molecule has 0 heterocycles.